The second-order valence-electron chi connectivity index (χ2n) is 7.53. The van der Waals surface area contributed by atoms with Crippen LogP contribution in [-0.2, 0) is 14.8 Å². The summed E-state index contributed by atoms with van der Waals surface area (Å²) in [5.41, 5.74) is 1.10. The SMILES string of the molecule is CC(C)c1ccc(S(=O)(=O)N2CCN(C(=O)[C@@H](C)Oc3ccccc3)CC2)cc1. The van der Waals surface area contributed by atoms with E-state index in [9.17, 15) is 13.2 Å². The zero-order valence-corrected chi connectivity index (χ0v) is 17.9. The van der Waals surface area contributed by atoms with Crippen molar-refractivity contribution in [3.8, 4) is 5.75 Å². The van der Waals surface area contributed by atoms with Crippen molar-refractivity contribution in [1.29, 1.82) is 0 Å². The molecule has 7 heteroatoms. The number of ether oxygens (including phenoxy) is 1. The van der Waals surface area contributed by atoms with Gasteiger partial charge in [-0.2, -0.15) is 4.31 Å². The third-order valence-electron chi connectivity index (χ3n) is 5.14. The Hall–Kier alpha value is -2.38. The van der Waals surface area contributed by atoms with Crippen LogP contribution in [0.25, 0.3) is 0 Å². The van der Waals surface area contributed by atoms with E-state index < -0.39 is 16.1 Å². The van der Waals surface area contributed by atoms with Gasteiger partial charge in [0.05, 0.1) is 4.90 Å². The van der Waals surface area contributed by atoms with Gasteiger partial charge in [-0.1, -0.05) is 44.2 Å². The lowest BCUT2D eigenvalue weighted by atomic mass is 10.0. The number of rotatable bonds is 6. The molecule has 3 rings (SSSR count). The van der Waals surface area contributed by atoms with E-state index in [1.54, 1.807) is 36.1 Å². The van der Waals surface area contributed by atoms with Crippen molar-refractivity contribution < 1.29 is 17.9 Å². The van der Waals surface area contributed by atoms with Crippen molar-refractivity contribution in [3.63, 3.8) is 0 Å². The highest BCUT2D eigenvalue weighted by molar-refractivity contribution is 7.89. The second kappa shape index (κ2) is 8.97. The Morgan fingerprint density at radius 3 is 2.03 bits per heavy atom. The van der Waals surface area contributed by atoms with Gasteiger partial charge in [-0.3, -0.25) is 4.79 Å². The van der Waals surface area contributed by atoms with Crippen LogP contribution in [0.15, 0.2) is 59.5 Å². The number of carbonyl (C=O) groups is 1. The van der Waals surface area contributed by atoms with Crippen LogP contribution in [0.5, 0.6) is 5.75 Å². The fourth-order valence-electron chi connectivity index (χ4n) is 3.33. The highest BCUT2D eigenvalue weighted by Gasteiger charge is 2.32. The van der Waals surface area contributed by atoms with Gasteiger partial charge < -0.3 is 9.64 Å². The fraction of sp³-hybridized carbons (Fsp3) is 0.409. The number of sulfonamides is 1. The van der Waals surface area contributed by atoms with Gasteiger partial charge in [-0.05, 0) is 42.7 Å². The van der Waals surface area contributed by atoms with Crippen molar-refractivity contribution in [2.75, 3.05) is 26.2 Å². The van der Waals surface area contributed by atoms with Crippen molar-refractivity contribution in [2.24, 2.45) is 0 Å². The van der Waals surface area contributed by atoms with E-state index in [1.807, 2.05) is 30.3 Å². The normalized spacial score (nSPS) is 16.6. The number of benzene rings is 2. The largest absolute Gasteiger partial charge is 0.481 e. The number of nitrogens with zero attached hydrogens (tertiary/aromatic N) is 2. The van der Waals surface area contributed by atoms with Crippen molar-refractivity contribution in [3.05, 3.63) is 60.2 Å². The van der Waals surface area contributed by atoms with E-state index in [2.05, 4.69) is 13.8 Å². The fourth-order valence-corrected chi connectivity index (χ4v) is 4.76. The highest BCUT2D eigenvalue weighted by Crippen LogP contribution is 2.21. The second-order valence-corrected chi connectivity index (χ2v) is 9.46. The van der Waals surface area contributed by atoms with E-state index in [0.717, 1.165) is 5.56 Å². The average Bonchev–Trinajstić information content (AvgIpc) is 2.74. The van der Waals surface area contributed by atoms with Crippen LogP contribution in [0.1, 0.15) is 32.3 Å². The molecule has 2 aromatic rings. The number of carbonyl (C=O) groups excluding carboxylic acids is 1. The molecule has 0 aliphatic carbocycles. The van der Waals surface area contributed by atoms with Gasteiger partial charge in [0.1, 0.15) is 5.75 Å². The van der Waals surface area contributed by atoms with E-state index in [0.29, 0.717) is 29.7 Å². The molecule has 6 nitrogen and oxygen atoms in total. The summed E-state index contributed by atoms with van der Waals surface area (Å²) >= 11 is 0. The summed E-state index contributed by atoms with van der Waals surface area (Å²) in [6, 6.07) is 16.2. The minimum Gasteiger partial charge on any atom is -0.481 e. The van der Waals surface area contributed by atoms with Gasteiger partial charge in [-0.15, -0.1) is 0 Å². The molecule has 29 heavy (non-hydrogen) atoms. The van der Waals surface area contributed by atoms with Gasteiger partial charge >= 0.3 is 0 Å². The maximum absolute atomic E-state index is 12.9. The van der Waals surface area contributed by atoms with Crippen LogP contribution < -0.4 is 4.74 Å². The number of hydrogen-bond donors (Lipinski definition) is 0. The summed E-state index contributed by atoms with van der Waals surface area (Å²) in [5.74, 6) is 0.855. The molecule has 1 heterocycles. The molecule has 1 saturated heterocycles. The van der Waals surface area contributed by atoms with E-state index in [1.165, 1.54) is 4.31 Å². The van der Waals surface area contributed by atoms with Crippen molar-refractivity contribution >= 4 is 15.9 Å². The lowest BCUT2D eigenvalue weighted by Gasteiger charge is -2.35. The minimum absolute atomic E-state index is 0.132. The lowest BCUT2D eigenvalue weighted by molar-refractivity contribution is -0.139. The zero-order chi connectivity index (χ0) is 21.0. The molecule has 156 valence electrons. The summed E-state index contributed by atoms with van der Waals surface area (Å²) in [6.45, 7) is 7.12. The van der Waals surface area contributed by atoms with Crippen LogP contribution >= 0.6 is 0 Å². The molecule has 2 aromatic carbocycles. The standard InChI is InChI=1S/C22H28N2O4S/c1-17(2)19-9-11-21(12-10-19)29(26,27)24-15-13-23(14-16-24)22(25)18(3)28-20-7-5-4-6-8-20/h4-12,17-18H,13-16H2,1-3H3/t18-/m1/s1. The van der Waals surface area contributed by atoms with E-state index in [-0.39, 0.29) is 19.0 Å². The highest BCUT2D eigenvalue weighted by atomic mass is 32.2. The van der Waals surface area contributed by atoms with Crippen LogP contribution in [0.3, 0.4) is 0 Å². The lowest BCUT2D eigenvalue weighted by Crippen LogP contribution is -2.53. The predicted octanol–water partition coefficient (Wildman–Crippen LogP) is 3.11. The van der Waals surface area contributed by atoms with Crippen LogP contribution in [0, 0.1) is 0 Å². The minimum atomic E-state index is -3.56. The quantitative estimate of drug-likeness (QED) is 0.726. The molecule has 0 N–H and O–H groups in total. The zero-order valence-electron chi connectivity index (χ0n) is 17.1. The average molecular weight is 417 g/mol. The van der Waals surface area contributed by atoms with Gasteiger partial charge in [0.25, 0.3) is 5.91 Å². The molecule has 0 aromatic heterocycles. The third kappa shape index (κ3) is 4.97. The molecule has 1 aliphatic heterocycles. The topological polar surface area (TPSA) is 66.9 Å². The van der Waals surface area contributed by atoms with E-state index >= 15 is 0 Å². The number of para-hydroxylation sites is 1. The molecular weight excluding hydrogens is 388 g/mol. The smallest absolute Gasteiger partial charge is 0.263 e. The first-order chi connectivity index (χ1) is 13.8. The molecule has 1 amide bonds. The Balaban J connectivity index is 1.59. The molecule has 0 bridgehead atoms. The Morgan fingerprint density at radius 1 is 0.897 bits per heavy atom. The monoisotopic (exact) mass is 416 g/mol. The van der Waals surface area contributed by atoms with Crippen molar-refractivity contribution in [2.45, 2.75) is 37.7 Å². The number of amides is 1. The van der Waals surface area contributed by atoms with Gasteiger partial charge in [0, 0.05) is 26.2 Å². The van der Waals surface area contributed by atoms with Crippen molar-refractivity contribution in [1.82, 2.24) is 9.21 Å². The molecule has 0 radical (unpaired) electrons. The molecule has 1 atom stereocenters. The summed E-state index contributed by atoms with van der Waals surface area (Å²) in [4.78, 5) is 14.6. The molecular formula is C22H28N2O4S. The van der Waals surface area contributed by atoms with Crippen LogP contribution in [0.4, 0.5) is 0 Å². The summed E-state index contributed by atoms with van der Waals surface area (Å²) in [7, 11) is -3.56. The maximum Gasteiger partial charge on any atom is 0.263 e. The molecule has 1 fully saturated rings. The first-order valence-corrected chi connectivity index (χ1v) is 11.3. The Labute approximate surface area is 173 Å². The first kappa shape index (κ1) is 21.3. The van der Waals surface area contributed by atoms with Gasteiger partial charge in [0.15, 0.2) is 6.10 Å². The molecule has 0 unspecified atom stereocenters. The molecule has 0 spiro atoms. The maximum atomic E-state index is 12.9. The number of hydrogen-bond acceptors (Lipinski definition) is 4. The molecule has 0 saturated carbocycles. The van der Waals surface area contributed by atoms with E-state index in [4.69, 9.17) is 4.74 Å². The van der Waals surface area contributed by atoms with Gasteiger partial charge in [-0.25, -0.2) is 8.42 Å². The Kier molecular flexibility index (Phi) is 6.59. The molecule has 1 aliphatic rings. The summed E-state index contributed by atoms with van der Waals surface area (Å²) in [5, 5.41) is 0. The third-order valence-corrected chi connectivity index (χ3v) is 7.05. The summed E-state index contributed by atoms with van der Waals surface area (Å²) < 4.78 is 33.0. The van der Waals surface area contributed by atoms with Gasteiger partial charge in [0.2, 0.25) is 10.0 Å². The first-order valence-electron chi connectivity index (χ1n) is 9.89. The number of piperazine rings is 1. The van der Waals surface area contributed by atoms with Crippen LogP contribution in [0.2, 0.25) is 0 Å². The predicted molar refractivity (Wildman–Crippen MR) is 112 cm³/mol. The summed E-state index contributed by atoms with van der Waals surface area (Å²) in [6.07, 6.45) is -0.621. The Morgan fingerprint density at radius 2 is 1.48 bits per heavy atom. The van der Waals surface area contributed by atoms with Crippen LogP contribution in [-0.4, -0.2) is 55.8 Å². The Bertz CT molecular complexity index is 919.